The predicted octanol–water partition coefficient (Wildman–Crippen LogP) is 0.515. The zero-order valence-corrected chi connectivity index (χ0v) is 14.3. The summed E-state index contributed by atoms with van der Waals surface area (Å²) in [6, 6.07) is 3.32. The summed E-state index contributed by atoms with van der Waals surface area (Å²) in [6.45, 7) is 2.60. The Hall–Kier alpha value is -3.07. The second-order valence-corrected chi connectivity index (χ2v) is 6.29. The Morgan fingerprint density at radius 2 is 2.08 bits per heavy atom. The molecule has 0 bridgehead atoms. The van der Waals surface area contributed by atoms with Gasteiger partial charge in [0.1, 0.15) is 0 Å². The van der Waals surface area contributed by atoms with Gasteiger partial charge < -0.3 is 15.3 Å². The van der Waals surface area contributed by atoms with E-state index in [2.05, 4.69) is 25.4 Å². The monoisotopic (exact) mass is 353 g/mol. The van der Waals surface area contributed by atoms with Crippen molar-refractivity contribution in [1.82, 2.24) is 29.5 Å². The van der Waals surface area contributed by atoms with Gasteiger partial charge in [0.15, 0.2) is 5.65 Å². The maximum atomic E-state index is 12.9. The SMILES string of the molecule is Cc1c(C(=O)N2CC[C@@H](Nc3ncccn3)[C@H](O)C2)cnc2ccnn12. The highest BCUT2D eigenvalue weighted by molar-refractivity contribution is 5.95. The van der Waals surface area contributed by atoms with Gasteiger partial charge in [-0.25, -0.2) is 19.5 Å². The number of hydrogen-bond acceptors (Lipinski definition) is 7. The van der Waals surface area contributed by atoms with Crippen LogP contribution in [0.2, 0.25) is 0 Å². The maximum absolute atomic E-state index is 12.9. The van der Waals surface area contributed by atoms with Crippen LogP contribution in [0.4, 0.5) is 5.95 Å². The van der Waals surface area contributed by atoms with Crippen LogP contribution in [0.15, 0.2) is 36.9 Å². The first-order chi connectivity index (χ1) is 12.6. The van der Waals surface area contributed by atoms with E-state index < -0.39 is 6.10 Å². The van der Waals surface area contributed by atoms with Gasteiger partial charge >= 0.3 is 0 Å². The van der Waals surface area contributed by atoms with Gasteiger partial charge in [0.2, 0.25) is 5.95 Å². The molecule has 2 atom stereocenters. The summed E-state index contributed by atoms with van der Waals surface area (Å²) < 4.78 is 1.64. The normalized spacial score (nSPS) is 20.3. The number of piperidine rings is 1. The van der Waals surface area contributed by atoms with Crippen molar-refractivity contribution in [3.8, 4) is 0 Å². The largest absolute Gasteiger partial charge is 0.389 e. The number of amides is 1. The van der Waals surface area contributed by atoms with Crippen molar-refractivity contribution >= 4 is 17.5 Å². The van der Waals surface area contributed by atoms with Gasteiger partial charge in [-0.05, 0) is 19.4 Å². The maximum Gasteiger partial charge on any atom is 0.257 e. The number of carbonyl (C=O) groups is 1. The van der Waals surface area contributed by atoms with Crippen LogP contribution in [-0.4, -0.2) is 65.7 Å². The fourth-order valence-electron chi connectivity index (χ4n) is 3.19. The second kappa shape index (κ2) is 6.68. The van der Waals surface area contributed by atoms with Gasteiger partial charge in [0, 0.05) is 37.7 Å². The summed E-state index contributed by atoms with van der Waals surface area (Å²) in [5, 5.41) is 17.8. The lowest BCUT2D eigenvalue weighted by Gasteiger charge is -2.36. The van der Waals surface area contributed by atoms with Crippen LogP contribution in [0.1, 0.15) is 22.5 Å². The molecule has 26 heavy (non-hydrogen) atoms. The van der Waals surface area contributed by atoms with E-state index in [-0.39, 0.29) is 18.5 Å². The Morgan fingerprint density at radius 3 is 2.85 bits per heavy atom. The number of nitrogens with one attached hydrogen (secondary N) is 1. The highest BCUT2D eigenvalue weighted by Gasteiger charge is 2.31. The molecule has 134 valence electrons. The number of β-amino-alcohol motifs (C(OH)–C–C–N with tert-alkyl or cyclic N) is 1. The first-order valence-electron chi connectivity index (χ1n) is 8.44. The summed E-state index contributed by atoms with van der Waals surface area (Å²) in [4.78, 5) is 27.0. The van der Waals surface area contributed by atoms with E-state index in [1.54, 1.807) is 46.3 Å². The van der Waals surface area contributed by atoms with Crippen molar-refractivity contribution in [3.63, 3.8) is 0 Å². The smallest absolute Gasteiger partial charge is 0.257 e. The van der Waals surface area contributed by atoms with E-state index in [1.165, 1.54) is 0 Å². The standard InChI is InChI=1S/C17H19N7O2/c1-11-12(9-20-15-3-7-21-24(11)15)16(26)23-8-4-13(14(25)10-23)22-17-18-5-2-6-19-17/h2-3,5-7,9,13-14,25H,4,8,10H2,1H3,(H,18,19,22)/t13-,14-/m1/s1. The highest BCUT2D eigenvalue weighted by atomic mass is 16.3. The van der Waals surface area contributed by atoms with E-state index in [0.29, 0.717) is 30.1 Å². The highest BCUT2D eigenvalue weighted by Crippen LogP contribution is 2.18. The van der Waals surface area contributed by atoms with Crippen molar-refractivity contribution < 1.29 is 9.90 Å². The van der Waals surface area contributed by atoms with Crippen LogP contribution >= 0.6 is 0 Å². The fourth-order valence-corrected chi connectivity index (χ4v) is 3.19. The Kier molecular flexibility index (Phi) is 4.21. The molecular weight excluding hydrogens is 334 g/mol. The van der Waals surface area contributed by atoms with Crippen LogP contribution in [0.3, 0.4) is 0 Å². The molecule has 4 rings (SSSR count). The van der Waals surface area contributed by atoms with Crippen LogP contribution in [0.5, 0.6) is 0 Å². The zero-order valence-electron chi connectivity index (χ0n) is 14.3. The molecule has 4 heterocycles. The molecular formula is C17H19N7O2. The number of rotatable bonds is 3. The molecule has 0 aromatic carbocycles. The Bertz CT molecular complexity index is 927. The minimum Gasteiger partial charge on any atom is -0.389 e. The molecule has 9 nitrogen and oxygen atoms in total. The quantitative estimate of drug-likeness (QED) is 0.706. The molecule has 0 saturated carbocycles. The summed E-state index contributed by atoms with van der Waals surface area (Å²) in [7, 11) is 0. The number of anilines is 1. The van der Waals surface area contributed by atoms with E-state index in [9.17, 15) is 9.90 Å². The molecule has 1 fully saturated rings. The van der Waals surface area contributed by atoms with Crippen LogP contribution in [-0.2, 0) is 0 Å². The van der Waals surface area contributed by atoms with E-state index in [4.69, 9.17) is 0 Å². The van der Waals surface area contributed by atoms with Crippen molar-refractivity contribution in [2.75, 3.05) is 18.4 Å². The molecule has 3 aromatic rings. The predicted molar refractivity (Wildman–Crippen MR) is 93.7 cm³/mol. The third-order valence-corrected chi connectivity index (χ3v) is 4.64. The molecule has 0 unspecified atom stereocenters. The van der Waals surface area contributed by atoms with Crippen molar-refractivity contribution in [2.45, 2.75) is 25.5 Å². The summed E-state index contributed by atoms with van der Waals surface area (Å²) in [5.41, 5.74) is 1.92. The molecule has 2 N–H and O–H groups in total. The van der Waals surface area contributed by atoms with Crippen molar-refractivity contribution in [1.29, 1.82) is 0 Å². The van der Waals surface area contributed by atoms with E-state index in [1.807, 2.05) is 6.92 Å². The van der Waals surface area contributed by atoms with Crippen LogP contribution in [0, 0.1) is 6.92 Å². The number of aryl methyl sites for hydroxylation is 1. The number of aliphatic hydroxyl groups is 1. The number of carbonyl (C=O) groups excluding carboxylic acids is 1. The summed E-state index contributed by atoms with van der Waals surface area (Å²) >= 11 is 0. The average Bonchev–Trinajstić information content (AvgIpc) is 3.14. The molecule has 0 radical (unpaired) electrons. The molecule has 1 aliphatic heterocycles. The van der Waals surface area contributed by atoms with Gasteiger partial charge in [-0.3, -0.25) is 4.79 Å². The van der Waals surface area contributed by atoms with Gasteiger partial charge in [-0.1, -0.05) is 0 Å². The Morgan fingerprint density at radius 1 is 1.27 bits per heavy atom. The number of hydrogen-bond donors (Lipinski definition) is 2. The van der Waals surface area contributed by atoms with Gasteiger partial charge in [0.25, 0.3) is 5.91 Å². The first kappa shape index (κ1) is 16.4. The average molecular weight is 353 g/mol. The number of likely N-dealkylation sites (tertiary alicyclic amines) is 1. The van der Waals surface area contributed by atoms with E-state index >= 15 is 0 Å². The molecule has 0 spiro atoms. The zero-order chi connectivity index (χ0) is 18.1. The second-order valence-electron chi connectivity index (χ2n) is 6.29. The molecule has 1 aliphatic rings. The first-order valence-corrected chi connectivity index (χ1v) is 8.44. The molecule has 9 heteroatoms. The molecule has 1 saturated heterocycles. The molecule has 3 aromatic heterocycles. The summed E-state index contributed by atoms with van der Waals surface area (Å²) in [6.07, 6.45) is 6.39. The third-order valence-electron chi connectivity index (χ3n) is 4.64. The number of nitrogens with zero attached hydrogens (tertiary/aromatic N) is 6. The minimum atomic E-state index is -0.710. The Balaban J connectivity index is 1.47. The van der Waals surface area contributed by atoms with Crippen molar-refractivity contribution in [3.05, 3.63) is 48.2 Å². The fraction of sp³-hybridized carbons (Fsp3) is 0.353. The van der Waals surface area contributed by atoms with Gasteiger partial charge in [-0.15, -0.1) is 0 Å². The van der Waals surface area contributed by atoms with Gasteiger partial charge in [0.05, 0.1) is 29.6 Å². The van der Waals surface area contributed by atoms with Crippen LogP contribution < -0.4 is 5.32 Å². The van der Waals surface area contributed by atoms with Crippen LogP contribution in [0.25, 0.3) is 5.65 Å². The number of aromatic nitrogens is 5. The lowest BCUT2D eigenvalue weighted by molar-refractivity contribution is 0.0424. The number of aliphatic hydroxyl groups excluding tert-OH is 1. The van der Waals surface area contributed by atoms with Gasteiger partial charge in [-0.2, -0.15) is 5.10 Å². The third kappa shape index (κ3) is 2.97. The summed E-state index contributed by atoms with van der Waals surface area (Å²) in [5.74, 6) is 0.321. The molecule has 1 amide bonds. The lowest BCUT2D eigenvalue weighted by Crippen LogP contribution is -2.52. The van der Waals surface area contributed by atoms with E-state index in [0.717, 1.165) is 5.69 Å². The topological polar surface area (TPSA) is 109 Å². The Labute approximate surface area is 149 Å². The number of fused-ring (bicyclic) bond motifs is 1. The lowest BCUT2D eigenvalue weighted by atomic mass is 10.0. The molecule has 0 aliphatic carbocycles. The van der Waals surface area contributed by atoms with Crippen molar-refractivity contribution in [2.24, 2.45) is 0 Å². The minimum absolute atomic E-state index is 0.152.